The minimum Gasteiger partial charge on any atom is -0.464 e. The predicted molar refractivity (Wildman–Crippen MR) is 255 cm³/mol. The molecule has 340 valence electrons. The molecule has 0 aromatic rings. The smallest absolute Gasteiger partial charge is 0.328 e. The number of nitrogens with one attached hydrogen (secondary N) is 2. The quantitative estimate of drug-likeness (QED) is 0.0369. The molecule has 0 rings (SSSR count). The van der Waals surface area contributed by atoms with Gasteiger partial charge in [0.05, 0.1) is 19.4 Å². The fourth-order valence-electron chi connectivity index (χ4n) is 6.99. The van der Waals surface area contributed by atoms with Gasteiger partial charge in [-0.05, 0) is 64.7 Å². The maximum absolute atomic E-state index is 12.6. The summed E-state index contributed by atoms with van der Waals surface area (Å²) in [6.45, 7) is 7.15. The normalized spacial score (nSPS) is 10.8. The standard InChI is InChI=1S/C54H90N2O4/c1-4-7-9-11-13-15-17-19-21-23-25-27-29-31-33-35-37-39-41-43-48-52(57)55-50-46-45-47-51(54(59)60-6-3)56-53(58)49-44-42-40-38-36-34-32-30-28-26-24-22-20-18-16-14-12-10-8-5-2/h51H,4-20,25-26,31-50H2,1-3H3,(H,55,57)(H,56,58)/t51-/m0/s1. The third kappa shape index (κ3) is 44.2. The number of unbranched alkanes of at least 4 members (excludes halogenated alkanes) is 27. The van der Waals surface area contributed by atoms with E-state index in [2.05, 4.69) is 71.8 Å². The molecule has 0 aliphatic rings. The van der Waals surface area contributed by atoms with Crippen LogP contribution in [0.15, 0.2) is 0 Å². The zero-order valence-corrected chi connectivity index (χ0v) is 39.3. The van der Waals surface area contributed by atoms with Crippen molar-refractivity contribution in [2.45, 2.75) is 264 Å². The summed E-state index contributed by atoms with van der Waals surface area (Å²) in [5, 5.41) is 5.91. The molecule has 0 unspecified atom stereocenters. The van der Waals surface area contributed by atoms with Crippen LogP contribution in [-0.2, 0) is 19.1 Å². The van der Waals surface area contributed by atoms with E-state index in [4.69, 9.17) is 4.74 Å². The number of ether oxygens (including phenoxy) is 1. The molecule has 0 heterocycles. The first-order valence-corrected chi connectivity index (χ1v) is 25.1. The van der Waals surface area contributed by atoms with E-state index < -0.39 is 6.04 Å². The first-order chi connectivity index (χ1) is 29.5. The number of hydrogen-bond acceptors (Lipinski definition) is 4. The first kappa shape index (κ1) is 56.6. The Labute approximate surface area is 371 Å². The summed E-state index contributed by atoms with van der Waals surface area (Å²) in [7, 11) is 0. The highest BCUT2D eigenvalue weighted by Gasteiger charge is 2.21. The lowest BCUT2D eigenvalue weighted by Gasteiger charge is -2.17. The molecule has 0 aromatic carbocycles. The second-order valence-electron chi connectivity index (χ2n) is 16.5. The van der Waals surface area contributed by atoms with E-state index in [0.29, 0.717) is 38.6 Å². The zero-order chi connectivity index (χ0) is 43.7. The van der Waals surface area contributed by atoms with Gasteiger partial charge < -0.3 is 15.4 Å². The lowest BCUT2D eigenvalue weighted by Crippen LogP contribution is -2.41. The molecule has 0 aliphatic carbocycles. The summed E-state index contributed by atoms with van der Waals surface area (Å²) in [6.07, 6.45) is 39.8. The number of carbonyl (C=O) groups excluding carboxylic acids is 3. The third-order valence-electron chi connectivity index (χ3n) is 10.7. The highest BCUT2D eigenvalue weighted by molar-refractivity contribution is 5.84. The fraction of sp³-hybridized carbons (Fsp3) is 0.796. The van der Waals surface area contributed by atoms with Gasteiger partial charge in [-0.3, -0.25) is 9.59 Å². The largest absolute Gasteiger partial charge is 0.464 e. The van der Waals surface area contributed by atoms with Crippen LogP contribution in [0.2, 0.25) is 0 Å². The summed E-state index contributed by atoms with van der Waals surface area (Å²) in [6, 6.07) is -0.638. The zero-order valence-electron chi connectivity index (χ0n) is 39.3. The van der Waals surface area contributed by atoms with Gasteiger partial charge in [-0.15, -0.1) is 23.7 Å². The Balaban J connectivity index is 3.83. The van der Waals surface area contributed by atoms with E-state index in [0.717, 1.165) is 103 Å². The average Bonchev–Trinajstić information content (AvgIpc) is 3.24. The van der Waals surface area contributed by atoms with E-state index in [9.17, 15) is 14.4 Å². The van der Waals surface area contributed by atoms with E-state index in [1.54, 1.807) is 6.92 Å². The number of rotatable bonds is 38. The van der Waals surface area contributed by atoms with E-state index >= 15 is 0 Å². The van der Waals surface area contributed by atoms with Crippen LogP contribution in [-0.4, -0.2) is 37.0 Å². The fourth-order valence-corrected chi connectivity index (χ4v) is 6.99. The van der Waals surface area contributed by atoms with Crippen molar-refractivity contribution in [3.8, 4) is 47.4 Å². The Morgan fingerprint density at radius 2 is 0.783 bits per heavy atom. The molecule has 0 fully saturated rings. The number of amides is 2. The molecular formula is C54H90N2O4. The maximum Gasteiger partial charge on any atom is 0.328 e. The molecule has 2 amide bonds. The monoisotopic (exact) mass is 831 g/mol. The highest BCUT2D eigenvalue weighted by atomic mass is 16.5. The molecule has 0 saturated carbocycles. The van der Waals surface area contributed by atoms with Crippen LogP contribution in [0.1, 0.15) is 258 Å². The van der Waals surface area contributed by atoms with Gasteiger partial charge in [0.15, 0.2) is 0 Å². The van der Waals surface area contributed by atoms with Crippen molar-refractivity contribution >= 4 is 17.8 Å². The maximum atomic E-state index is 12.6. The molecule has 6 nitrogen and oxygen atoms in total. The number of hydrogen-bond donors (Lipinski definition) is 2. The Hall–Kier alpha value is -3.35. The Morgan fingerprint density at radius 3 is 1.18 bits per heavy atom. The first-order valence-electron chi connectivity index (χ1n) is 25.1. The summed E-state index contributed by atoms with van der Waals surface area (Å²) < 4.78 is 5.23. The second kappa shape index (κ2) is 48.3. The van der Waals surface area contributed by atoms with Crippen LogP contribution in [0.3, 0.4) is 0 Å². The molecule has 0 aliphatic heterocycles. The van der Waals surface area contributed by atoms with E-state index in [1.165, 1.54) is 103 Å². The molecular weight excluding hydrogens is 741 g/mol. The van der Waals surface area contributed by atoms with Gasteiger partial charge in [-0.1, -0.05) is 166 Å². The average molecular weight is 831 g/mol. The van der Waals surface area contributed by atoms with Crippen molar-refractivity contribution in [3.63, 3.8) is 0 Å². The van der Waals surface area contributed by atoms with Gasteiger partial charge in [0.2, 0.25) is 11.8 Å². The van der Waals surface area contributed by atoms with Crippen LogP contribution in [0.5, 0.6) is 0 Å². The molecule has 0 saturated heterocycles. The Morgan fingerprint density at radius 1 is 0.417 bits per heavy atom. The molecule has 0 radical (unpaired) electrons. The summed E-state index contributed by atoms with van der Waals surface area (Å²) in [4.78, 5) is 37.5. The van der Waals surface area contributed by atoms with Crippen molar-refractivity contribution in [3.05, 3.63) is 0 Å². The van der Waals surface area contributed by atoms with Crippen LogP contribution in [0.25, 0.3) is 0 Å². The topological polar surface area (TPSA) is 84.5 Å². The lowest BCUT2D eigenvalue weighted by molar-refractivity contribution is -0.147. The Bertz CT molecular complexity index is 1280. The third-order valence-corrected chi connectivity index (χ3v) is 10.7. The number of carbonyl (C=O) groups is 3. The van der Waals surface area contributed by atoms with Crippen LogP contribution >= 0.6 is 0 Å². The van der Waals surface area contributed by atoms with Gasteiger partial charge >= 0.3 is 5.97 Å². The molecule has 0 spiro atoms. The molecule has 0 aromatic heterocycles. The van der Waals surface area contributed by atoms with Crippen LogP contribution in [0, 0.1) is 47.4 Å². The van der Waals surface area contributed by atoms with Crippen molar-refractivity contribution in [1.29, 1.82) is 0 Å². The van der Waals surface area contributed by atoms with Crippen molar-refractivity contribution in [2.24, 2.45) is 0 Å². The van der Waals surface area contributed by atoms with E-state index in [1.807, 2.05) is 0 Å². The van der Waals surface area contributed by atoms with Crippen LogP contribution < -0.4 is 10.6 Å². The summed E-state index contributed by atoms with van der Waals surface area (Å²) in [5.41, 5.74) is 0. The SMILES string of the molecule is CCCCCCCCCC#CCC#CCCCCCCCCC(=O)NCCCC[C@H](NC(=O)CCCCCCCCC#CCC#CCCCCCCCCC)C(=O)OCC. The predicted octanol–water partition coefficient (Wildman–Crippen LogP) is 13.6. The molecule has 2 N–H and O–H groups in total. The van der Waals surface area contributed by atoms with Gasteiger partial charge in [0.1, 0.15) is 6.04 Å². The van der Waals surface area contributed by atoms with Crippen molar-refractivity contribution < 1.29 is 19.1 Å². The van der Waals surface area contributed by atoms with Gasteiger partial charge in [0, 0.05) is 45.1 Å². The lowest BCUT2D eigenvalue weighted by atomic mass is 10.1. The minimum atomic E-state index is -0.638. The van der Waals surface area contributed by atoms with E-state index in [-0.39, 0.29) is 24.4 Å². The summed E-state index contributed by atoms with van der Waals surface area (Å²) >= 11 is 0. The Kier molecular flexibility index (Phi) is 45.6. The van der Waals surface area contributed by atoms with Gasteiger partial charge in [-0.2, -0.15) is 0 Å². The minimum absolute atomic E-state index is 0.0878. The second-order valence-corrected chi connectivity index (χ2v) is 16.5. The summed E-state index contributed by atoms with van der Waals surface area (Å²) in [5.74, 6) is 25.5. The molecule has 6 heteroatoms. The van der Waals surface area contributed by atoms with Crippen molar-refractivity contribution in [2.75, 3.05) is 13.2 Å². The number of esters is 1. The molecule has 0 bridgehead atoms. The molecule has 1 atom stereocenters. The van der Waals surface area contributed by atoms with Crippen LogP contribution in [0.4, 0.5) is 0 Å². The van der Waals surface area contributed by atoms with Gasteiger partial charge in [-0.25, -0.2) is 4.79 Å². The molecule has 60 heavy (non-hydrogen) atoms. The van der Waals surface area contributed by atoms with Gasteiger partial charge in [0.25, 0.3) is 0 Å². The van der Waals surface area contributed by atoms with Crippen molar-refractivity contribution in [1.82, 2.24) is 10.6 Å². The highest BCUT2D eigenvalue weighted by Crippen LogP contribution is 2.12.